The third kappa shape index (κ3) is 3.95. The first-order chi connectivity index (χ1) is 9.93. The van der Waals surface area contributed by atoms with Crippen molar-refractivity contribution in [1.29, 1.82) is 0 Å². The summed E-state index contributed by atoms with van der Waals surface area (Å²) in [4.78, 5) is 12.3. The molecule has 0 saturated carbocycles. The fourth-order valence-corrected chi connectivity index (χ4v) is 3.09. The lowest BCUT2D eigenvalue weighted by atomic mass is 9.87. The second-order valence-corrected chi connectivity index (χ2v) is 7.28. The van der Waals surface area contributed by atoms with Gasteiger partial charge in [-0.2, -0.15) is 0 Å². The molecule has 116 valence electrons. The molecule has 0 aromatic heterocycles. The first-order valence-electron chi connectivity index (χ1n) is 6.97. The van der Waals surface area contributed by atoms with Gasteiger partial charge in [-0.25, -0.2) is 13.1 Å². The first kappa shape index (κ1) is 15.8. The van der Waals surface area contributed by atoms with Crippen molar-refractivity contribution in [3.8, 4) is 0 Å². The summed E-state index contributed by atoms with van der Waals surface area (Å²) < 4.78 is 24.9. The molecule has 2 unspecified atom stereocenters. The molecule has 1 aliphatic heterocycles. The zero-order chi connectivity index (χ0) is 15.5. The highest BCUT2D eigenvalue weighted by atomic mass is 32.2. The Bertz CT molecular complexity index is 616. The van der Waals surface area contributed by atoms with E-state index in [1.165, 1.54) is 7.05 Å². The van der Waals surface area contributed by atoms with Crippen LogP contribution in [-0.4, -0.2) is 39.7 Å². The van der Waals surface area contributed by atoms with E-state index in [0.717, 1.165) is 11.3 Å². The predicted molar refractivity (Wildman–Crippen MR) is 82.7 cm³/mol. The molecule has 1 heterocycles. The van der Waals surface area contributed by atoms with Crippen molar-refractivity contribution >= 4 is 21.6 Å². The van der Waals surface area contributed by atoms with Crippen LogP contribution < -0.4 is 15.4 Å². The molecule has 6 nitrogen and oxygen atoms in total. The van der Waals surface area contributed by atoms with Gasteiger partial charge in [0.05, 0.1) is 11.7 Å². The minimum Gasteiger partial charge on any atom is -0.382 e. The Kier molecular flexibility index (Phi) is 4.84. The number of para-hydroxylation sites is 1. The van der Waals surface area contributed by atoms with Gasteiger partial charge >= 0.3 is 0 Å². The lowest BCUT2D eigenvalue weighted by Crippen LogP contribution is -2.38. The van der Waals surface area contributed by atoms with Gasteiger partial charge in [0.25, 0.3) is 0 Å². The molecule has 1 aromatic rings. The fourth-order valence-electron chi connectivity index (χ4n) is 2.52. The fraction of sp³-hybridized carbons (Fsp3) is 0.500. The van der Waals surface area contributed by atoms with Crippen molar-refractivity contribution in [3.63, 3.8) is 0 Å². The van der Waals surface area contributed by atoms with Crippen LogP contribution in [0.3, 0.4) is 0 Å². The minimum atomic E-state index is -3.29. The maximum Gasteiger partial charge on any atom is 0.227 e. The van der Waals surface area contributed by atoms with Crippen molar-refractivity contribution in [2.24, 2.45) is 0 Å². The highest BCUT2D eigenvalue weighted by Crippen LogP contribution is 2.33. The molecule has 1 aliphatic rings. The third-order valence-corrected chi connectivity index (χ3v) is 4.99. The summed E-state index contributed by atoms with van der Waals surface area (Å²) in [7, 11) is -1.93. The van der Waals surface area contributed by atoms with Crippen molar-refractivity contribution in [1.82, 2.24) is 10.0 Å². The standard InChI is InChI=1S/C14H21N3O3S/c1-10-9-12(11-5-3-4-6-13(11)17-10)14(18)16-7-8-21(19,20)15-2/h3-6,10,12,15,17H,7-9H2,1-2H3,(H,16,18). The number of fused-ring (bicyclic) bond motifs is 1. The molecule has 0 saturated heterocycles. The Balaban J connectivity index is 2.03. The summed E-state index contributed by atoms with van der Waals surface area (Å²) >= 11 is 0. The average Bonchev–Trinajstić information content (AvgIpc) is 2.46. The number of amides is 1. The van der Waals surface area contributed by atoms with Crippen LogP contribution in [0.15, 0.2) is 24.3 Å². The number of nitrogens with one attached hydrogen (secondary N) is 3. The van der Waals surface area contributed by atoms with E-state index in [-0.39, 0.29) is 30.2 Å². The second kappa shape index (κ2) is 6.44. The van der Waals surface area contributed by atoms with Crippen molar-refractivity contribution in [3.05, 3.63) is 29.8 Å². The molecule has 1 aromatic carbocycles. The normalized spacial score (nSPS) is 21.2. The number of rotatable bonds is 5. The van der Waals surface area contributed by atoms with E-state index in [2.05, 4.69) is 15.4 Å². The Labute approximate surface area is 125 Å². The monoisotopic (exact) mass is 311 g/mol. The van der Waals surface area contributed by atoms with Crippen molar-refractivity contribution < 1.29 is 13.2 Å². The number of carbonyl (C=O) groups is 1. The van der Waals surface area contributed by atoms with Crippen LogP contribution in [0.2, 0.25) is 0 Å². The molecule has 7 heteroatoms. The molecule has 2 rings (SSSR count). The zero-order valence-electron chi connectivity index (χ0n) is 12.2. The van der Waals surface area contributed by atoms with Gasteiger partial charge in [0.1, 0.15) is 0 Å². The zero-order valence-corrected chi connectivity index (χ0v) is 13.0. The summed E-state index contributed by atoms with van der Waals surface area (Å²) in [5.41, 5.74) is 1.93. The molecule has 0 aliphatic carbocycles. The molecule has 0 radical (unpaired) electrons. The SMILES string of the molecule is CNS(=O)(=O)CCNC(=O)C1CC(C)Nc2ccccc21. The summed E-state index contributed by atoms with van der Waals surface area (Å²) in [5, 5.41) is 6.07. The minimum absolute atomic E-state index is 0.114. The van der Waals surface area contributed by atoms with E-state index in [9.17, 15) is 13.2 Å². The van der Waals surface area contributed by atoms with Gasteiger partial charge in [-0.3, -0.25) is 4.79 Å². The highest BCUT2D eigenvalue weighted by molar-refractivity contribution is 7.89. The van der Waals surface area contributed by atoms with Crippen molar-refractivity contribution in [2.45, 2.75) is 25.3 Å². The molecule has 2 atom stereocenters. The molecule has 0 spiro atoms. The lowest BCUT2D eigenvalue weighted by Gasteiger charge is -2.30. The van der Waals surface area contributed by atoms with Gasteiger partial charge in [-0.1, -0.05) is 18.2 Å². The van der Waals surface area contributed by atoms with Gasteiger partial charge < -0.3 is 10.6 Å². The van der Waals surface area contributed by atoms with E-state index in [1.807, 2.05) is 31.2 Å². The van der Waals surface area contributed by atoms with Crippen molar-refractivity contribution in [2.75, 3.05) is 24.7 Å². The van der Waals surface area contributed by atoms with Gasteiger partial charge in [0.15, 0.2) is 0 Å². The second-order valence-electron chi connectivity index (χ2n) is 5.23. The quantitative estimate of drug-likeness (QED) is 0.745. The third-order valence-electron chi connectivity index (χ3n) is 3.62. The van der Waals surface area contributed by atoms with Crippen LogP contribution in [0.5, 0.6) is 0 Å². The topological polar surface area (TPSA) is 87.3 Å². The molecule has 3 N–H and O–H groups in total. The predicted octanol–water partition coefficient (Wildman–Crippen LogP) is 0.640. The maximum atomic E-state index is 12.3. The Morgan fingerprint density at radius 1 is 1.38 bits per heavy atom. The highest BCUT2D eigenvalue weighted by Gasteiger charge is 2.29. The van der Waals surface area contributed by atoms with E-state index in [1.54, 1.807) is 0 Å². The van der Waals surface area contributed by atoms with E-state index in [0.29, 0.717) is 6.42 Å². The number of hydrogen-bond donors (Lipinski definition) is 3. The molecule has 0 fully saturated rings. The Morgan fingerprint density at radius 2 is 2.10 bits per heavy atom. The number of anilines is 1. The summed E-state index contributed by atoms with van der Waals surface area (Å²) in [5.74, 6) is -0.478. The number of hydrogen-bond acceptors (Lipinski definition) is 4. The van der Waals surface area contributed by atoms with Gasteiger partial charge in [-0.05, 0) is 32.0 Å². The molecule has 1 amide bonds. The van der Waals surface area contributed by atoms with Crippen LogP contribution in [0, 0.1) is 0 Å². The molecule has 21 heavy (non-hydrogen) atoms. The number of carbonyl (C=O) groups excluding carboxylic acids is 1. The maximum absolute atomic E-state index is 12.3. The van der Waals surface area contributed by atoms with Crippen LogP contribution >= 0.6 is 0 Å². The summed E-state index contributed by atoms with van der Waals surface area (Å²) in [6.45, 7) is 2.14. The van der Waals surface area contributed by atoms with E-state index >= 15 is 0 Å². The molecular formula is C14H21N3O3S. The average molecular weight is 311 g/mol. The number of benzene rings is 1. The summed E-state index contributed by atoms with van der Waals surface area (Å²) in [6, 6.07) is 7.93. The molecule has 0 bridgehead atoms. The number of sulfonamides is 1. The van der Waals surface area contributed by atoms with Gasteiger partial charge in [-0.15, -0.1) is 0 Å². The summed E-state index contributed by atoms with van der Waals surface area (Å²) in [6.07, 6.45) is 0.696. The van der Waals surface area contributed by atoms with Gasteiger partial charge in [0.2, 0.25) is 15.9 Å². The van der Waals surface area contributed by atoms with Crippen LogP contribution in [0.25, 0.3) is 0 Å². The van der Waals surface area contributed by atoms with E-state index < -0.39 is 10.0 Å². The van der Waals surface area contributed by atoms with Crippen LogP contribution in [0.4, 0.5) is 5.69 Å². The molecular weight excluding hydrogens is 290 g/mol. The lowest BCUT2D eigenvalue weighted by molar-refractivity contribution is -0.122. The Hall–Kier alpha value is -1.60. The first-order valence-corrected chi connectivity index (χ1v) is 8.62. The van der Waals surface area contributed by atoms with E-state index in [4.69, 9.17) is 0 Å². The smallest absolute Gasteiger partial charge is 0.227 e. The Morgan fingerprint density at radius 3 is 2.81 bits per heavy atom. The van der Waals surface area contributed by atoms with Crippen LogP contribution in [-0.2, 0) is 14.8 Å². The van der Waals surface area contributed by atoms with Crippen LogP contribution in [0.1, 0.15) is 24.8 Å². The van der Waals surface area contributed by atoms with Gasteiger partial charge in [0, 0.05) is 18.3 Å². The largest absolute Gasteiger partial charge is 0.382 e.